The summed E-state index contributed by atoms with van der Waals surface area (Å²) < 4.78 is 4.86. The third kappa shape index (κ3) is 2.38. The molecule has 0 heterocycles. The molecule has 10 heavy (non-hydrogen) atoms. The summed E-state index contributed by atoms with van der Waals surface area (Å²) in [4.78, 5) is 0. The van der Waals surface area contributed by atoms with Crippen LogP contribution in [0.5, 0.6) is 5.75 Å². The summed E-state index contributed by atoms with van der Waals surface area (Å²) in [5.41, 5.74) is 6.13. The number of benzene rings is 1. The van der Waals surface area contributed by atoms with Crippen molar-refractivity contribution < 1.29 is 25.2 Å². The molecule has 1 rings (SSSR count). The Balaban J connectivity index is 0.000000810. The molecule has 0 spiro atoms. The van der Waals surface area contributed by atoms with Gasteiger partial charge in [0.2, 0.25) is 0 Å². The number of ether oxygens (including phenoxy) is 1. The zero-order valence-electron chi connectivity index (χ0n) is 5.60. The Morgan fingerprint density at radius 3 is 2.70 bits per heavy atom. The van der Waals surface area contributed by atoms with Crippen LogP contribution in [-0.2, 0) is 20.4 Å². The summed E-state index contributed by atoms with van der Waals surface area (Å²) in [6.07, 6.45) is 0. The molecule has 2 nitrogen and oxygen atoms in total. The summed E-state index contributed by atoms with van der Waals surface area (Å²) in [7, 11) is 1.59. The predicted molar refractivity (Wildman–Crippen MR) is 36.2 cm³/mol. The fourth-order valence-electron chi connectivity index (χ4n) is 0.579. The molecule has 0 aromatic heterocycles. The normalized spacial score (nSPS) is 8.10. The minimum Gasteiger partial charge on any atom is -0.523 e. The Morgan fingerprint density at radius 1 is 1.60 bits per heavy atom. The van der Waals surface area contributed by atoms with E-state index in [1.54, 1.807) is 25.3 Å². The van der Waals surface area contributed by atoms with E-state index in [0.29, 0.717) is 11.4 Å². The first-order valence-corrected chi connectivity index (χ1v) is 2.64. The zero-order valence-corrected chi connectivity index (χ0v) is 8.31. The third-order valence-corrected chi connectivity index (χ3v) is 1.02. The standard InChI is InChI=1S/C7H8NO.Re/c1-9-7-4-2-3-6(8)5-7;/h2-3,5H,8H2,1H3;/q-1;. The van der Waals surface area contributed by atoms with Crippen molar-refractivity contribution in [2.75, 3.05) is 12.8 Å². The van der Waals surface area contributed by atoms with Crippen molar-refractivity contribution in [3.8, 4) is 5.75 Å². The average molecular weight is 308 g/mol. The second kappa shape index (κ2) is 4.32. The molecule has 0 bridgehead atoms. The molecule has 1 aromatic rings. The summed E-state index contributed by atoms with van der Waals surface area (Å²) in [5, 5.41) is 0. The van der Waals surface area contributed by atoms with Gasteiger partial charge in [0.1, 0.15) is 0 Å². The van der Waals surface area contributed by atoms with Crippen LogP contribution in [0.2, 0.25) is 0 Å². The summed E-state index contributed by atoms with van der Waals surface area (Å²) >= 11 is 0. The van der Waals surface area contributed by atoms with Crippen molar-refractivity contribution in [3.05, 3.63) is 24.3 Å². The zero-order chi connectivity index (χ0) is 6.69. The maximum absolute atomic E-state index is 5.43. The van der Waals surface area contributed by atoms with Gasteiger partial charge in [0.05, 0.1) is 7.11 Å². The molecule has 3 heteroatoms. The van der Waals surface area contributed by atoms with Gasteiger partial charge < -0.3 is 10.5 Å². The number of hydrogen-bond acceptors (Lipinski definition) is 2. The Labute approximate surface area is 74.0 Å². The Morgan fingerprint density at radius 2 is 2.30 bits per heavy atom. The Bertz CT molecular complexity index is 203. The monoisotopic (exact) mass is 309 g/mol. The predicted octanol–water partition coefficient (Wildman–Crippen LogP) is 1.08. The first-order valence-electron chi connectivity index (χ1n) is 2.64. The number of nitrogen functional groups attached to an aromatic ring is 1. The van der Waals surface area contributed by atoms with Gasteiger partial charge in [-0.2, -0.15) is 6.07 Å². The van der Waals surface area contributed by atoms with Gasteiger partial charge >= 0.3 is 0 Å². The Hall–Kier alpha value is -0.518. The van der Waals surface area contributed by atoms with Crippen molar-refractivity contribution in [3.63, 3.8) is 0 Å². The molecule has 2 N–H and O–H groups in total. The van der Waals surface area contributed by atoms with E-state index in [0.717, 1.165) is 0 Å². The largest absolute Gasteiger partial charge is 0.523 e. The van der Waals surface area contributed by atoms with Gasteiger partial charge in [-0.1, -0.05) is 5.69 Å². The second-order valence-electron chi connectivity index (χ2n) is 1.69. The maximum atomic E-state index is 5.43. The summed E-state index contributed by atoms with van der Waals surface area (Å²) in [5.74, 6) is 0.676. The van der Waals surface area contributed by atoms with Crippen LogP contribution < -0.4 is 10.5 Å². The SMILES string of the molecule is COc1[c-]ccc(N)c1.[Re]. The van der Waals surface area contributed by atoms with Crippen molar-refractivity contribution in [1.29, 1.82) is 0 Å². The topological polar surface area (TPSA) is 35.2 Å². The van der Waals surface area contributed by atoms with Gasteiger partial charge in [0, 0.05) is 26.2 Å². The van der Waals surface area contributed by atoms with Crippen molar-refractivity contribution in [2.24, 2.45) is 0 Å². The quantitative estimate of drug-likeness (QED) is 0.622. The van der Waals surface area contributed by atoms with E-state index >= 15 is 0 Å². The minimum atomic E-state index is 0. The third-order valence-electron chi connectivity index (χ3n) is 1.02. The van der Waals surface area contributed by atoms with Crippen LogP contribution in [0.1, 0.15) is 0 Å². The molecule has 0 saturated heterocycles. The van der Waals surface area contributed by atoms with Gasteiger partial charge in [-0.05, 0) is 0 Å². The molecule has 55 valence electrons. The van der Waals surface area contributed by atoms with E-state index in [2.05, 4.69) is 6.07 Å². The molecule has 0 aliphatic heterocycles. The Kier molecular flexibility index (Phi) is 4.10. The van der Waals surface area contributed by atoms with E-state index in [4.69, 9.17) is 10.5 Å². The van der Waals surface area contributed by atoms with E-state index in [1.165, 1.54) is 0 Å². The van der Waals surface area contributed by atoms with E-state index in [9.17, 15) is 0 Å². The molecular formula is C7H8NORe-. The van der Waals surface area contributed by atoms with Crippen LogP contribution in [0.25, 0.3) is 0 Å². The van der Waals surface area contributed by atoms with E-state index < -0.39 is 0 Å². The maximum Gasteiger partial charge on any atom is 0.0743 e. The number of nitrogens with two attached hydrogens (primary N) is 1. The molecule has 0 fully saturated rings. The molecular weight excluding hydrogens is 300 g/mol. The van der Waals surface area contributed by atoms with Gasteiger partial charge in [0.15, 0.2) is 0 Å². The van der Waals surface area contributed by atoms with Crippen molar-refractivity contribution in [1.82, 2.24) is 0 Å². The summed E-state index contributed by atoms with van der Waals surface area (Å²) in [6.45, 7) is 0. The smallest absolute Gasteiger partial charge is 0.0743 e. The molecule has 0 amide bonds. The first kappa shape index (κ1) is 9.48. The van der Waals surface area contributed by atoms with Crippen LogP contribution in [0, 0.1) is 6.07 Å². The van der Waals surface area contributed by atoms with Crippen molar-refractivity contribution in [2.45, 2.75) is 0 Å². The number of rotatable bonds is 1. The fraction of sp³-hybridized carbons (Fsp3) is 0.143. The summed E-state index contributed by atoms with van der Waals surface area (Å²) in [6, 6.07) is 8.08. The molecule has 0 atom stereocenters. The molecule has 0 aliphatic rings. The number of hydrogen-bond donors (Lipinski definition) is 1. The number of methoxy groups -OCH3 is 1. The van der Waals surface area contributed by atoms with Gasteiger partial charge in [-0.3, -0.25) is 0 Å². The molecule has 0 saturated carbocycles. The van der Waals surface area contributed by atoms with Crippen LogP contribution >= 0.6 is 0 Å². The van der Waals surface area contributed by atoms with Crippen LogP contribution in [0.3, 0.4) is 0 Å². The number of anilines is 1. The fourth-order valence-corrected chi connectivity index (χ4v) is 0.579. The van der Waals surface area contributed by atoms with Crippen molar-refractivity contribution >= 4 is 5.69 Å². The van der Waals surface area contributed by atoms with Crippen LogP contribution in [-0.4, -0.2) is 7.11 Å². The minimum absolute atomic E-state index is 0. The molecule has 1 radical (unpaired) electrons. The van der Waals surface area contributed by atoms with Gasteiger partial charge in [-0.25, -0.2) is 0 Å². The van der Waals surface area contributed by atoms with E-state index in [1.807, 2.05) is 0 Å². The van der Waals surface area contributed by atoms with Crippen LogP contribution in [0.15, 0.2) is 18.2 Å². The van der Waals surface area contributed by atoms with E-state index in [-0.39, 0.29) is 20.4 Å². The van der Waals surface area contributed by atoms with Gasteiger partial charge in [0.25, 0.3) is 0 Å². The molecule has 1 aromatic carbocycles. The molecule has 0 aliphatic carbocycles. The average Bonchev–Trinajstić information content (AvgIpc) is 1.88. The first-order chi connectivity index (χ1) is 4.33. The molecule has 0 unspecified atom stereocenters. The van der Waals surface area contributed by atoms with Crippen LogP contribution in [0.4, 0.5) is 5.69 Å². The second-order valence-corrected chi connectivity index (χ2v) is 1.69. The van der Waals surface area contributed by atoms with Gasteiger partial charge in [-0.15, -0.1) is 18.2 Å².